The maximum absolute atomic E-state index is 13.1. The molecular formula is C23H28Cl2N2O2S. The Morgan fingerprint density at radius 1 is 1.10 bits per heavy atom. The van der Waals surface area contributed by atoms with Crippen LogP contribution in [0.5, 0.6) is 0 Å². The van der Waals surface area contributed by atoms with E-state index in [-0.39, 0.29) is 23.1 Å². The van der Waals surface area contributed by atoms with E-state index in [0.717, 1.165) is 11.1 Å². The van der Waals surface area contributed by atoms with Gasteiger partial charge in [-0.3, -0.25) is 9.59 Å². The Hall–Kier alpha value is -1.69. The van der Waals surface area contributed by atoms with E-state index >= 15 is 0 Å². The second-order valence-corrected chi connectivity index (χ2v) is 9.98. The van der Waals surface area contributed by atoms with Crippen molar-refractivity contribution in [3.63, 3.8) is 0 Å². The summed E-state index contributed by atoms with van der Waals surface area (Å²) in [5, 5.41) is 4.24. The van der Waals surface area contributed by atoms with Gasteiger partial charge in [0.1, 0.15) is 6.04 Å². The Labute approximate surface area is 193 Å². The van der Waals surface area contributed by atoms with Crippen LogP contribution in [-0.2, 0) is 21.9 Å². The van der Waals surface area contributed by atoms with Gasteiger partial charge in [-0.05, 0) is 57.0 Å². The largest absolute Gasteiger partial charge is 0.350 e. The smallest absolute Gasteiger partial charge is 0.242 e. The monoisotopic (exact) mass is 466 g/mol. The molecule has 0 unspecified atom stereocenters. The normalized spacial score (nSPS) is 12.3. The van der Waals surface area contributed by atoms with Crippen LogP contribution in [0.4, 0.5) is 0 Å². The summed E-state index contributed by atoms with van der Waals surface area (Å²) in [5.74, 6) is 0.579. The van der Waals surface area contributed by atoms with E-state index in [1.807, 2.05) is 63.2 Å². The van der Waals surface area contributed by atoms with E-state index in [4.69, 9.17) is 23.2 Å². The van der Waals surface area contributed by atoms with E-state index in [1.165, 1.54) is 11.8 Å². The first kappa shape index (κ1) is 24.6. The molecule has 1 atom stereocenters. The van der Waals surface area contributed by atoms with E-state index < -0.39 is 6.04 Å². The molecule has 0 aliphatic heterocycles. The second-order valence-electron chi connectivity index (χ2n) is 8.15. The molecule has 1 N–H and O–H groups in total. The number of nitrogens with zero attached hydrogens (tertiary/aromatic N) is 1. The summed E-state index contributed by atoms with van der Waals surface area (Å²) in [5.41, 5.74) is 1.48. The summed E-state index contributed by atoms with van der Waals surface area (Å²) < 4.78 is 0. The second kappa shape index (κ2) is 11.1. The molecule has 162 valence electrons. The fraction of sp³-hybridized carbons (Fsp3) is 0.391. The van der Waals surface area contributed by atoms with Gasteiger partial charge in [0.25, 0.3) is 0 Å². The number of hydrogen-bond acceptors (Lipinski definition) is 3. The molecule has 0 radical (unpaired) electrons. The molecule has 0 aliphatic rings. The third-order valence-corrected chi connectivity index (χ3v) is 5.92. The number of carbonyl (C=O) groups is 2. The lowest BCUT2D eigenvalue weighted by atomic mass is 10.1. The van der Waals surface area contributed by atoms with Gasteiger partial charge in [-0.15, -0.1) is 11.8 Å². The average molecular weight is 467 g/mol. The average Bonchev–Trinajstić information content (AvgIpc) is 2.65. The quantitative estimate of drug-likeness (QED) is 0.553. The number of hydrogen-bond donors (Lipinski definition) is 1. The zero-order valence-corrected chi connectivity index (χ0v) is 20.1. The highest BCUT2D eigenvalue weighted by molar-refractivity contribution is 7.99. The molecule has 2 rings (SSSR count). The molecule has 0 heterocycles. The molecule has 7 heteroatoms. The SMILES string of the molecule is C[C@@H](C(=O)NC(C)(C)C)N(Cc1cccc(Cl)c1)C(=O)CSCc1ccccc1Cl. The third-order valence-electron chi connectivity index (χ3n) is 4.35. The van der Waals surface area contributed by atoms with Crippen LogP contribution in [0.25, 0.3) is 0 Å². The number of carbonyl (C=O) groups excluding carboxylic acids is 2. The van der Waals surface area contributed by atoms with Gasteiger partial charge in [-0.2, -0.15) is 0 Å². The molecule has 2 amide bonds. The summed E-state index contributed by atoms with van der Waals surface area (Å²) in [4.78, 5) is 27.4. The first-order valence-electron chi connectivity index (χ1n) is 9.74. The molecule has 4 nitrogen and oxygen atoms in total. The fourth-order valence-electron chi connectivity index (χ4n) is 2.84. The number of halogens is 2. The summed E-state index contributed by atoms with van der Waals surface area (Å²) in [7, 11) is 0. The van der Waals surface area contributed by atoms with Crippen molar-refractivity contribution in [1.29, 1.82) is 0 Å². The Morgan fingerprint density at radius 2 is 1.80 bits per heavy atom. The highest BCUT2D eigenvalue weighted by Crippen LogP contribution is 2.22. The Morgan fingerprint density at radius 3 is 2.43 bits per heavy atom. The number of nitrogens with one attached hydrogen (secondary N) is 1. The van der Waals surface area contributed by atoms with E-state index in [0.29, 0.717) is 22.3 Å². The minimum Gasteiger partial charge on any atom is -0.350 e. The van der Waals surface area contributed by atoms with Crippen LogP contribution >= 0.6 is 35.0 Å². The zero-order valence-electron chi connectivity index (χ0n) is 17.7. The molecule has 0 saturated heterocycles. The van der Waals surface area contributed by atoms with E-state index in [1.54, 1.807) is 17.9 Å². The van der Waals surface area contributed by atoms with Gasteiger partial charge in [-0.1, -0.05) is 53.5 Å². The molecule has 0 saturated carbocycles. The lowest BCUT2D eigenvalue weighted by molar-refractivity contribution is -0.139. The molecular weight excluding hydrogens is 439 g/mol. The Kier molecular flexibility index (Phi) is 9.08. The molecule has 0 spiro atoms. The van der Waals surface area contributed by atoms with Gasteiger partial charge in [0.05, 0.1) is 5.75 Å². The number of benzene rings is 2. The van der Waals surface area contributed by atoms with Gasteiger partial charge >= 0.3 is 0 Å². The van der Waals surface area contributed by atoms with Crippen molar-refractivity contribution in [2.24, 2.45) is 0 Å². The van der Waals surface area contributed by atoms with Crippen LogP contribution in [0, 0.1) is 0 Å². The molecule has 0 bridgehead atoms. The lowest BCUT2D eigenvalue weighted by Gasteiger charge is -2.31. The predicted octanol–water partition coefficient (Wildman–Crippen LogP) is 5.56. The first-order valence-corrected chi connectivity index (χ1v) is 11.6. The molecule has 0 aliphatic carbocycles. The highest BCUT2D eigenvalue weighted by Gasteiger charge is 2.28. The van der Waals surface area contributed by atoms with Gasteiger partial charge < -0.3 is 10.2 Å². The Bertz CT molecular complexity index is 884. The Balaban J connectivity index is 2.11. The molecule has 0 aromatic heterocycles. The summed E-state index contributed by atoms with van der Waals surface area (Å²) >= 11 is 13.8. The fourth-order valence-corrected chi connectivity index (χ4v) is 4.24. The van der Waals surface area contributed by atoms with Crippen LogP contribution in [0.2, 0.25) is 10.0 Å². The van der Waals surface area contributed by atoms with Gasteiger partial charge in [0.15, 0.2) is 0 Å². The summed E-state index contributed by atoms with van der Waals surface area (Å²) in [6.07, 6.45) is 0. The van der Waals surface area contributed by atoms with Crippen molar-refractivity contribution in [3.05, 3.63) is 69.7 Å². The van der Waals surface area contributed by atoms with Crippen molar-refractivity contribution in [1.82, 2.24) is 10.2 Å². The van der Waals surface area contributed by atoms with Crippen LogP contribution in [0.1, 0.15) is 38.8 Å². The molecule has 2 aromatic carbocycles. The molecule has 30 heavy (non-hydrogen) atoms. The number of rotatable bonds is 8. The van der Waals surface area contributed by atoms with Crippen LogP contribution in [0.3, 0.4) is 0 Å². The minimum atomic E-state index is -0.614. The van der Waals surface area contributed by atoms with Crippen molar-refractivity contribution < 1.29 is 9.59 Å². The highest BCUT2D eigenvalue weighted by atomic mass is 35.5. The molecule has 2 aromatic rings. The van der Waals surface area contributed by atoms with E-state index in [2.05, 4.69) is 5.32 Å². The van der Waals surface area contributed by atoms with Crippen LogP contribution in [0.15, 0.2) is 48.5 Å². The van der Waals surface area contributed by atoms with Gasteiger partial charge in [0.2, 0.25) is 11.8 Å². The number of amides is 2. The van der Waals surface area contributed by atoms with Gasteiger partial charge in [-0.25, -0.2) is 0 Å². The topological polar surface area (TPSA) is 49.4 Å². The standard InChI is InChI=1S/C23H28Cl2N2O2S/c1-16(22(29)26-23(2,3)4)27(13-17-8-7-10-19(24)12-17)21(28)15-30-14-18-9-5-6-11-20(18)25/h5-12,16H,13-15H2,1-4H3,(H,26,29)/t16-/m0/s1. The third kappa shape index (κ3) is 7.86. The maximum Gasteiger partial charge on any atom is 0.242 e. The zero-order chi connectivity index (χ0) is 22.3. The van der Waals surface area contributed by atoms with E-state index in [9.17, 15) is 9.59 Å². The summed E-state index contributed by atoms with van der Waals surface area (Å²) in [6, 6.07) is 14.3. The van der Waals surface area contributed by atoms with Crippen molar-refractivity contribution in [2.45, 2.75) is 51.6 Å². The first-order chi connectivity index (χ1) is 14.1. The predicted molar refractivity (Wildman–Crippen MR) is 127 cm³/mol. The number of thioether (sulfide) groups is 1. The lowest BCUT2D eigenvalue weighted by Crippen LogP contribution is -2.52. The summed E-state index contributed by atoms with van der Waals surface area (Å²) in [6.45, 7) is 7.81. The van der Waals surface area contributed by atoms with Crippen molar-refractivity contribution in [3.8, 4) is 0 Å². The van der Waals surface area contributed by atoms with Gasteiger partial charge in [0, 0.05) is 27.9 Å². The van der Waals surface area contributed by atoms with Crippen molar-refractivity contribution in [2.75, 3.05) is 5.75 Å². The molecule has 0 fully saturated rings. The minimum absolute atomic E-state index is 0.108. The maximum atomic E-state index is 13.1. The van der Waals surface area contributed by atoms with Crippen LogP contribution in [-0.4, -0.2) is 34.0 Å². The van der Waals surface area contributed by atoms with Crippen LogP contribution < -0.4 is 5.32 Å². The van der Waals surface area contributed by atoms with Crippen molar-refractivity contribution >= 4 is 46.8 Å².